The third-order valence-electron chi connectivity index (χ3n) is 5.99. The Morgan fingerprint density at radius 1 is 0.969 bits per heavy atom. The number of ether oxygens (including phenoxy) is 3. The highest BCUT2D eigenvalue weighted by Crippen LogP contribution is 2.44. The fraction of sp³-hybridized carbons (Fsp3) is 0.385. The Labute approximate surface area is 197 Å². The summed E-state index contributed by atoms with van der Waals surface area (Å²) in [6.07, 6.45) is 18.1. The van der Waals surface area contributed by atoms with Crippen molar-refractivity contribution in [1.29, 1.82) is 0 Å². The maximum Gasteiger partial charge on any atom is 0.230 e. The number of allylic oxidation sites excluding steroid dienone is 2. The Morgan fingerprint density at radius 2 is 1.84 bits per heavy atom. The molecule has 0 saturated carbocycles. The van der Waals surface area contributed by atoms with E-state index < -0.39 is 11.4 Å². The summed E-state index contributed by atoms with van der Waals surface area (Å²) in [5.41, 5.74) is -0.486. The molecule has 168 valence electrons. The molecule has 1 fully saturated rings. The minimum Gasteiger partial charge on any atom is -0.478 e. The van der Waals surface area contributed by atoms with E-state index in [1.165, 1.54) is 9.75 Å². The summed E-state index contributed by atoms with van der Waals surface area (Å²) >= 11 is 3.42. The lowest BCUT2D eigenvalue weighted by molar-refractivity contribution is -0.191. The van der Waals surface area contributed by atoms with Crippen molar-refractivity contribution in [2.24, 2.45) is 0 Å². The van der Waals surface area contributed by atoms with Gasteiger partial charge in [-0.05, 0) is 92.1 Å². The molecule has 1 saturated heterocycles. The van der Waals surface area contributed by atoms with Gasteiger partial charge in [0.15, 0.2) is 5.60 Å². The Morgan fingerprint density at radius 3 is 2.66 bits per heavy atom. The predicted molar refractivity (Wildman–Crippen MR) is 130 cm³/mol. The lowest BCUT2D eigenvalue weighted by Gasteiger charge is -2.31. The Balaban J connectivity index is 1.35. The predicted octanol–water partition coefficient (Wildman–Crippen LogP) is 6.62. The van der Waals surface area contributed by atoms with E-state index in [2.05, 4.69) is 47.9 Å². The van der Waals surface area contributed by atoms with Crippen LogP contribution in [0.3, 0.4) is 0 Å². The normalized spacial score (nSPS) is 29.3. The molecule has 3 aliphatic rings. The van der Waals surface area contributed by atoms with E-state index in [0.29, 0.717) is 0 Å². The second kappa shape index (κ2) is 9.40. The highest BCUT2D eigenvalue weighted by atomic mass is 32.1. The highest BCUT2D eigenvalue weighted by Gasteiger charge is 2.38. The van der Waals surface area contributed by atoms with Gasteiger partial charge in [0.25, 0.3) is 0 Å². The van der Waals surface area contributed by atoms with Gasteiger partial charge in [0.05, 0.1) is 11.5 Å². The van der Waals surface area contributed by atoms with Crippen molar-refractivity contribution in [3.63, 3.8) is 0 Å². The first-order valence-electron chi connectivity index (χ1n) is 11.3. The van der Waals surface area contributed by atoms with Crippen molar-refractivity contribution >= 4 is 34.8 Å². The van der Waals surface area contributed by atoms with E-state index in [1.807, 2.05) is 18.2 Å². The number of rotatable bonds is 7. The van der Waals surface area contributed by atoms with Crippen LogP contribution in [-0.2, 0) is 19.8 Å². The molecule has 5 rings (SSSR count). The summed E-state index contributed by atoms with van der Waals surface area (Å²) in [4.78, 5) is 3.47. The third kappa shape index (κ3) is 4.64. The van der Waals surface area contributed by atoms with Gasteiger partial charge in [-0.2, -0.15) is 0 Å². The van der Waals surface area contributed by atoms with E-state index in [1.54, 1.807) is 22.7 Å². The molecular weight excluding hydrogens is 440 g/mol. The molecule has 6 heteroatoms. The summed E-state index contributed by atoms with van der Waals surface area (Å²) in [6.45, 7) is 0.953. The van der Waals surface area contributed by atoms with Crippen LogP contribution in [0, 0.1) is 0 Å². The monoisotopic (exact) mass is 468 g/mol. The first-order chi connectivity index (χ1) is 15.7. The van der Waals surface area contributed by atoms with Crippen LogP contribution in [0.1, 0.15) is 53.2 Å². The number of hydrogen-bond acceptors (Lipinski definition) is 6. The fourth-order valence-corrected chi connectivity index (χ4v) is 6.07. The lowest BCUT2D eigenvalue weighted by Crippen LogP contribution is -2.34. The van der Waals surface area contributed by atoms with Crippen LogP contribution in [0.25, 0.3) is 12.2 Å². The molecule has 2 aromatic rings. The molecule has 1 N–H and O–H groups in total. The van der Waals surface area contributed by atoms with Gasteiger partial charge in [0.1, 0.15) is 11.5 Å². The summed E-state index contributed by atoms with van der Waals surface area (Å²) in [6, 6.07) is 8.42. The average Bonchev–Trinajstić information content (AvgIpc) is 3.59. The van der Waals surface area contributed by atoms with Gasteiger partial charge >= 0.3 is 0 Å². The Hall–Kier alpha value is -2.12. The molecule has 1 spiro atoms. The largest absolute Gasteiger partial charge is 0.478 e. The van der Waals surface area contributed by atoms with E-state index >= 15 is 0 Å². The molecule has 2 atom stereocenters. The molecule has 32 heavy (non-hydrogen) atoms. The highest BCUT2D eigenvalue weighted by molar-refractivity contribution is 7.13. The van der Waals surface area contributed by atoms with Crippen molar-refractivity contribution in [1.82, 2.24) is 0 Å². The number of hydrogen-bond donors (Lipinski definition) is 1. The van der Waals surface area contributed by atoms with Gasteiger partial charge in [0.2, 0.25) is 5.79 Å². The number of thiophene rings is 2. The molecule has 0 aromatic carbocycles. The van der Waals surface area contributed by atoms with Crippen LogP contribution in [0.15, 0.2) is 65.5 Å². The number of aliphatic hydroxyl groups excluding tert-OH is 1. The molecule has 5 heterocycles. The van der Waals surface area contributed by atoms with Crippen LogP contribution >= 0.6 is 22.7 Å². The molecule has 0 amide bonds. The van der Waals surface area contributed by atoms with E-state index in [0.717, 1.165) is 61.5 Å². The minimum atomic E-state index is -0.561. The van der Waals surface area contributed by atoms with E-state index in [4.69, 9.17) is 14.2 Å². The van der Waals surface area contributed by atoms with Gasteiger partial charge in [0, 0.05) is 22.8 Å². The summed E-state index contributed by atoms with van der Waals surface area (Å²) in [7, 11) is 0. The quantitative estimate of drug-likeness (QED) is 0.464. The minimum absolute atomic E-state index is 0.201. The van der Waals surface area contributed by atoms with Crippen LogP contribution in [0.5, 0.6) is 0 Å². The number of unbranched alkanes of at least 4 members (excludes halogenated alkanes) is 1. The first-order valence-corrected chi connectivity index (χ1v) is 13.0. The second-order valence-corrected chi connectivity index (χ2v) is 10.5. The van der Waals surface area contributed by atoms with Gasteiger partial charge in [-0.15, -0.1) is 22.7 Å². The fourth-order valence-electron chi connectivity index (χ4n) is 4.33. The van der Waals surface area contributed by atoms with Crippen molar-refractivity contribution in [3.05, 3.63) is 80.1 Å². The van der Waals surface area contributed by atoms with Crippen LogP contribution < -0.4 is 0 Å². The number of aliphatic hydroxyl groups is 1. The first kappa shape index (κ1) is 21.7. The zero-order chi connectivity index (χ0) is 21.9. The standard InChI is InChI=1S/C26H28O4S2/c27-15-3-1-11-25(13-9-20(29-25)18-22-6-5-17-31-22)24-8-7-23(32-24)19-21-10-14-26(30-21)12-2-4-16-28-26/h5-10,13-14,17-19,27H,1-4,11-12,15-16H2/b20-18-,21-19-/t25-,26-/m1/s1. The average molecular weight is 469 g/mol. The van der Waals surface area contributed by atoms with Gasteiger partial charge in [-0.25, -0.2) is 0 Å². The molecule has 0 unspecified atom stereocenters. The van der Waals surface area contributed by atoms with Crippen LogP contribution in [0.4, 0.5) is 0 Å². The molecular formula is C26H28O4S2. The van der Waals surface area contributed by atoms with Crippen molar-refractivity contribution < 1.29 is 19.3 Å². The van der Waals surface area contributed by atoms with E-state index in [9.17, 15) is 5.11 Å². The Kier molecular flexibility index (Phi) is 6.37. The van der Waals surface area contributed by atoms with Crippen LogP contribution in [0.2, 0.25) is 0 Å². The summed E-state index contributed by atoms with van der Waals surface area (Å²) in [5.74, 6) is 1.16. The van der Waals surface area contributed by atoms with E-state index in [-0.39, 0.29) is 6.61 Å². The molecule has 0 radical (unpaired) electrons. The molecule has 0 aliphatic carbocycles. The van der Waals surface area contributed by atoms with Crippen molar-refractivity contribution in [2.45, 2.75) is 49.9 Å². The smallest absolute Gasteiger partial charge is 0.230 e. The third-order valence-corrected chi connectivity index (χ3v) is 8.00. The summed E-state index contributed by atoms with van der Waals surface area (Å²) < 4.78 is 18.6. The van der Waals surface area contributed by atoms with Gasteiger partial charge in [-0.3, -0.25) is 0 Å². The molecule has 4 nitrogen and oxygen atoms in total. The zero-order valence-corrected chi connectivity index (χ0v) is 19.6. The zero-order valence-electron chi connectivity index (χ0n) is 18.0. The van der Waals surface area contributed by atoms with Crippen molar-refractivity contribution in [2.75, 3.05) is 13.2 Å². The topological polar surface area (TPSA) is 47.9 Å². The lowest BCUT2D eigenvalue weighted by atomic mass is 9.95. The summed E-state index contributed by atoms with van der Waals surface area (Å²) in [5, 5.41) is 11.4. The SMILES string of the molecule is OCCCC[C@]1(c2ccc(/C=C3/C=C[C@@]4(CCCCO4)O3)s2)C=C/C(=C/c2cccs2)O1. The molecule has 2 aromatic heterocycles. The second-order valence-electron chi connectivity index (χ2n) is 8.37. The van der Waals surface area contributed by atoms with Gasteiger partial charge < -0.3 is 19.3 Å². The maximum absolute atomic E-state index is 9.28. The molecule has 3 aliphatic heterocycles. The maximum atomic E-state index is 9.28. The Bertz CT molecular complexity index is 1040. The molecule has 0 bridgehead atoms. The van der Waals surface area contributed by atoms with Crippen molar-refractivity contribution in [3.8, 4) is 0 Å². The van der Waals surface area contributed by atoms with Gasteiger partial charge in [-0.1, -0.05) is 6.07 Å². The van der Waals surface area contributed by atoms with Crippen LogP contribution in [-0.4, -0.2) is 24.1 Å².